The van der Waals surface area contributed by atoms with Gasteiger partial charge in [-0.1, -0.05) is 0 Å². The topological polar surface area (TPSA) is 69.8 Å². The Morgan fingerprint density at radius 1 is 1.24 bits per heavy atom. The van der Waals surface area contributed by atoms with E-state index in [2.05, 4.69) is 0 Å². The van der Waals surface area contributed by atoms with E-state index in [-0.39, 0.29) is 16.5 Å². The molecule has 6 nitrogen and oxygen atoms in total. The highest BCUT2D eigenvalue weighted by atomic mass is 16.6. The van der Waals surface area contributed by atoms with Crippen LogP contribution in [0.4, 0.5) is 5.69 Å². The third-order valence-electron chi connectivity index (χ3n) is 2.63. The van der Waals surface area contributed by atoms with Gasteiger partial charge in [0.25, 0.3) is 10.8 Å². The van der Waals surface area contributed by atoms with Gasteiger partial charge in [0, 0.05) is 30.8 Å². The van der Waals surface area contributed by atoms with E-state index in [0.29, 0.717) is 31.9 Å². The first-order valence-electron chi connectivity index (χ1n) is 5.32. The van der Waals surface area contributed by atoms with E-state index < -0.39 is 0 Å². The lowest BCUT2D eigenvalue weighted by Gasteiger charge is -2.26. The van der Waals surface area contributed by atoms with Gasteiger partial charge < -0.3 is 9.64 Å². The van der Waals surface area contributed by atoms with Gasteiger partial charge in [0.1, 0.15) is 0 Å². The Balaban J connectivity index is 2.10. The fourth-order valence-corrected chi connectivity index (χ4v) is 1.68. The number of amides is 1. The Bertz CT molecular complexity index is 424. The summed E-state index contributed by atoms with van der Waals surface area (Å²) in [5, 5.41) is 8.67. The van der Waals surface area contributed by atoms with Crippen LogP contribution in [0.2, 0.25) is 0 Å². The molecule has 0 bridgehead atoms. The maximum Gasteiger partial charge on any atom is 0.316 e. The second kappa shape index (κ2) is 4.92. The number of rotatable bonds is 2. The summed E-state index contributed by atoms with van der Waals surface area (Å²) in [5.41, 5.74) is 0.598. The number of benzene rings is 1. The van der Waals surface area contributed by atoms with Crippen LogP contribution in [0.15, 0.2) is 24.3 Å². The fourth-order valence-electron chi connectivity index (χ4n) is 1.68. The molecule has 1 aromatic carbocycles. The highest BCUT2D eigenvalue weighted by Crippen LogP contribution is 2.13. The zero-order valence-corrected chi connectivity index (χ0v) is 9.20. The summed E-state index contributed by atoms with van der Waals surface area (Å²) in [6.45, 7) is 2.26. The molecule has 0 radical (unpaired) electrons. The van der Waals surface area contributed by atoms with Crippen LogP contribution in [-0.4, -0.2) is 47.2 Å². The van der Waals surface area contributed by atoms with Gasteiger partial charge in [-0.05, 0) is 12.1 Å². The van der Waals surface area contributed by atoms with Crippen molar-refractivity contribution in [3.8, 4) is 0 Å². The van der Waals surface area contributed by atoms with Crippen LogP contribution in [0.1, 0.15) is 10.4 Å². The molecule has 1 aromatic rings. The van der Waals surface area contributed by atoms with Crippen molar-refractivity contribution in [2.24, 2.45) is 0 Å². The number of hydrogen-bond donors (Lipinski definition) is 1. The Morgan fingerprint density at radius 2 is 1.82 bits per heavy atom. The minimum atomic E-state index is -0.233. The van der Waals surface area contributed by atoms with E-state index in [1.54, 1.807) is 4.90 Å². The van der Waals surface area contributed by atoms with E-state index in [1.807, 2.05) is 0 Å². The normalized spacial score (nSPS) is 15.6. The van der Waals surface area contributed by atoms with E-state index in [4.69, 9.17) is 9.94 Å². The van der Waals surface area contributed by atoms with Crippen LogP contribution in [-0.2, 0) is 4.74 Å². The Labute approximate surface area is 97.9 Å². The molecule has 1 fully saturated rings. The third-order valence-corrected chi connectivity index (χ3v) is 2.63. The zero-order valence-electron chi connectivity index (χ0n) is 9.20. The minimum absolute atomic E-state index is 0.0877. The maximum absolute atomic E-state index is 12.0. The zero-order chi connectivity index (χ0) is 12.3. The molecule has 1 aliphatic heterocycles. The van der Waals surface area contributed by atoms with Crippen LogP contribution in [0, 0.1) is 4.91 Å². The highest BCUT2D eigenvalue weighted by Gasteiger charge is 2.19. The van der Waals surface area contributed by atoms with E-state index in [0.717, 1.165) is 0 Å². The quantitative estimate of drug-likeness (QED) is 0.778. The monoisotopic (exact) mass is 237 g/mol. The molecule has 1 amide bonds. The molecular formula is C11H13N2O4+. The molecule has 0 saturated carbocycles. The van der Waals surface area contributed by atoms with Gasteiger partial charge >= 0.3 is 5.69 Å². The molecule has 0 aromatic heterocycles. The summed E-state index contributed by atoms with van der Waals surface area (Å²) in [6.07, 6.45) is 0. The van der Waals surface area contributed by atoms with Gasteiger partial charge in [-0.3, -0.25) is 4.79 Å². The SMILES string of the molecule is O=C(c1ccc([N+](=O)O)cc1)N1CCOCC1. The predicted octanol–water partition coefficient (Wildman–Crippen LogP) is 0.959. The van der Waals surface area contributed by atoms with Crippen molar-refractivity contribution in [1.29, 1.82) is 0 Å². The Hall–Kier alpha value is -1.95. The summed E-state index contributed by atoms with van der Waals surface area (Å²) in [5.74, 6) is -0.0877. The van der Waals surface area contributed by atoms with Crippen molar-refractivity contribution in [3.63, 3.8) is 0 Å². The van der Waals surface area contributed by atoms with Crippen LogP contribution < -0.4 is 0 Å². The molecule has 2 rings (SSSR count). The highest BCUT2D eigenvalue weighted by molar-refractivity contribution is 5.94. The minimum Gasteiger partial charge on any atom is -0.378 e. The molecule has 0 aliphatic carbocycles. The van der Waals surface area contributed by atoms with Crippen molar-refractivity contribution in [2.75, 3.05) is 26.3 Å². The van der Waals surface area contributed by atoms with Crippen LogP contribution in [0.25, 0.3) is 0 Å². The van der Waals surface area contributed by atoms with Gasteiger partial charge in [0.2, 0.25) is 0 Å². The van der Waals surface area contributed by atoms with E-state index >= 15 is 0 Å². The Kier molecular flexibility index (Phi) is 3.34. The molecule has 0 unspecified atom stereocenters. The number of ether oxygens (including phenoxy) is 1. The lowest BCUT2D eigenvalue weighted by molar-refractivity contribution is -0.729. The Morgan fingerprint density at radius 3 is 2.35 bits per heavy atom. The van der Waals surface area contributed by atoms with E-state index in [9.17, 15) is 9.70 Å². The van der Waals surface area contributed by atoms with Crippen LogP contribution in [0.3, 0.4) is 0 Å². The lowest BCUT2D eigenvalue weighted by atomic mass is 10.2. The van der Waals surface area contributed by atoms with Gasteiger partial charge in [-0.25, -0.2) is 5.21 Å². The number of morpholine rings is 1. The van der Waals surface area contributed by atoms with Crippen molar-refractivity contribution in [2.45, 2.75) is 0 Å². The van der Waals surface area contributed by atoms with Crippen molar-refractivity contribution in [1.82, 2.24) is 4.90 Å². The first-order valence-corrected chi connectivity index (χ1v) is 5.32. The van der Waals surface area contributed by atoms with Gasteiger partial charge in [0.05, 0.1) is 18.1 Å². The molecule has 17 heavy (non-hydrogen) atoms. The standard InChI is InChI=1S/C11H13N2O4/c14-11(12-5-7-17-8-6-12)9-1-3-10(4-2-9)13(15)16/h1-4H,5-8H2,(H,15,16)/q+1. The number of carbonyl (C=O) groups is 1. The number of carbonyl (C=O) groups excluding carboxylic acids is 1. The summed E-state index contributed by atoms with van der Waals surface area (Å²) < 4.78 is 5.16. The fraction of sp³-hybridized carbons (Fsp3) is 0.364. The molecular weight excluding hydrogens is 224 g/mol. The molecule has 0 atom stereocenters. The van der Waals surface area contributed by atoms with Crippen molar-refractivity contribution >= 4 is 11.6 Å². The van der Waals surface area contributed by atoms with Crippen LogP contribution >= 0.6 is 0 Å². The van der Waals surface area contributed by atoms with Crippen molar-refractivity contribution < 1.29 is 19.7 Å². The maximum atomic E-state index is 12.0. The average molecular weight is 237 g/mol. The molecule has 1 saturated heterocycles. The lowest BCUT2D eigenvalue weighted by Crippen LogP contribution is -2.40. The summed E-state index contributed by atoms with van der Waals surface area (Å²) in [7, 11) is 0. The molecule has 1 heterocycles. The van der Waals surface area contributed by atoms with Gasteiger partial charge in [0.15, 0.2) is 0 Å². The first-order chi connectivity index (χ1) is 8.18. The molecule has 1 aliphatic rings. The largest absolute Gasteiger partial charge is 0.378 e. The number of nitrogens with zero attached hydrogens (tertiary/aromatic N) is 2. The van der Waals surface area contributed by atoms with Crippen LogP contribution in [0.5, 0.6) is 0 Å². The van der Waals surface area contributed by atoms with E-state index in [1.165, 1.54) is 24.3 Å². The summed E-state index contributed by atoms with van der Waals surface area (Å²) in [4.78, 5) is 24.1. The molecule has 6 heteroatoms. The molecule has 0 spiro atoms. The second-order valence-corrected chi connectivity index (χ2v) is 3.72. The molecule has 90 valence electrons. The summed E-state index contributed by atoms with van der Waals surface area (Å²) in [6, 6.07) is 5.85. The summed E-state index contributed by atoms with van der Waals surface area (Å²) >= 11 is 0. The van der Waals surface area contributed by atoms with Gasteiger partial charge in [-0.15, -0.1) is 0 Å². The number of hydrogen-bond acceptors (Lipinski definition) is 3. The smallest absolute Gasteiger partial charge is 0.316 e. The first kappa shape index (κ1) is 11.5. The average Bonchev–Trinajstić information content (AvgIpc) is 2.39. The molecule has 1 N–H and O–H groups in total. The third kappa shape index (κ3) is 2.59. The second-order valence-electron chi connectivity index (χ2n) is 3.72. The predicted molar refractivity (Wildman–Crippen MR) is 58.2 cm³/mol. The van der Waals surface area contributed by atoms with Crippen molar-refractivity contribution in [3.05, 3.63) is 34.7 Å². The van der Waals surface area contributed by atoms with Gasteiger partial charge in [-0.2, -0.15) is 0 Å².